The van der Waals surface area contributed by atoms with Crippen molar-refractivity contribution in [3.63, 3.8) is 0 Å². The maximum atomic E-state index is 13.6. The topological polar surface area (TPSA) is 83.1 Å². The molecule has 9 heteroatoms. The molecular weight excluding hydrogens is 452 g/mol. The smallest absolute Gasteiger partial charge is 0.245 e. The van der Waals surface area contributed by atoms with Crippen molar-refractivity contribution >= 4 is 26.8 Å². The third-order valence-corrected chi connectivity index (χ3v) is 8.63. The number of ether oxygens (including phenoxy) is 1. The number of amides is 1. The summed E-state index contributed by atoms with van der Waals surface area (Å²) >= 11 is 0. The molecule has 2 aliphatic rings. The van der Waals surface area contributed by atoms with Crippen LogP contribution in [0.15, 0.2) is 35.4 Å². The number of fused-ring (bicyclic) bond motifs is 1. The Morgan fingerprint density at radius 1 is 1.09 bits per heavy atom. The van der Waals surface area contributed by atoms with E-state index in [-0.39, 0.29) is 48.1 Å². The summed E-state index contributed by atoms with van der Waals surface area (Å²) in [6.45, 7) is 12.9. The number of morpholine rings is 1. The van der Waals surface area contributed by atoms with Crippen molar-refractivity contribution in [3.8, 4) is 0 Å². The predicted molar refractivity (Wildman–Crippen MR) is 132 cm³/mol. The molecule has 0 bridgehead atoms. The van der Waals surface area contributed by atoms with Crippen molar-refractivity contribution in [1.82, 2.24) is 19.1 Å². The summed E-state index contributed by atoms with van der Waals surface area (Å²) in [5, 5.41) is 0.809. The Labute approximate surface area is 202 Å². The summed E-state index contributed by atoms with van der Waals surface area (Å²) < 4.78 is 34.3. The minimum absolute atomic E-state index is 0.0793. The van der Waals surface area contributed by atoms with Gasteiger partial charge in [0.25, 0.3) is 0 Å². The standard InChI is InChI=1S/C25H36N4O4S/c1-17(2)24(28-15-19(4)33-20(5)16-28)25(30)27-9-11-29(12-10-27)34(31,32)22-8-6-7-21-13-18(3)14-26-23(21)22/h6-8,13-14,17,19-20,24H,9-12,15-16H2,1-5H3. The highest BCUT2D eigenvalue weighted by Gasteiger charge is 2.38. The average molecular weight is 489 g/mol. The molecule has 2 aromatic rings. The first-order valence-corrected chi connectivity index (χ1v) is 13.6. The van der Waals surface area contributed by atoms with Gasteiger partial charge >= 0.3 is 0 Å². The van der Waals surface area contributed by atoms with Gasteiger partial charge in [-0.1, -0.05) is 26.0 Å². The van der Waals surface area contributed by atoms with Crippen molar-refractivity contribution in [2.45, 2.75) is 57.8 Å². The number of sulfonamides is 1. The second-order valence-electron chi connectivity index (χ2n) is 9.97. The van der Waals surface area contributed by atoms with Crippen LogP contribution in [0.2, 0.25) is 0 Å². The number of pyridine rings is 1. The van der Waals surface area contributed by atoms with Gasteiger partial charge < -0.3 is 9.64 Å². The van der Waals surface area contributed by atoms with E-state index in [2.05, 4.69) is 23.7 Å². The van der Waals surface area contributed by atoms with Gasteiger partial charge in [0.2, 0.25) is 15.9 Å². The fraction of sp³-hybridized carbons (Fsp3) is 0.600. The Morgan fingerprint density at radius 2 is 1.74 bits per heavy atom. The largest absolute Gasteiger partial charge is 0.373 e. The molecule has 1 amide bonds. The van der Waals surface area contributed by atoms with Crippen LogP contribution < -0.4 is 0 Å². The van der Waals surface area contributed by atoms with Crippen molar-refractivity contribution < 1.29 is 17.9 Å². The van der Waals surface area contributed by atoms with Gasteiger partial charge in [0, 0.05) is 50.9 Å². The zero-order chi connectivity index (χ0) is 24.6. The van der Waals surface area contributed by atoms with Crippen LogP contribution in [0.1, 0.15) is 33.3 Å². The summed E-state index contributed by atoms with van der Waals surface area (Å²) in [5.74, 6) is 0.229. The second-order valence-corrected chi connectivity index (χ2v) is 11.9. The van der Waals surface area contributed by atoms with Crippen LogP contribution in [0.5, 0.6) is 0 Å². The molecule has 1 aromatic heterocycles. The normalized spacial score (nSPS) is 24.0. The van der Waals surface area contributed by atoms with Crippen molar-refractivity contribution in [2.24, 2.45) is 5.92 Å². The maximum absolute atomic E-state index is 13.6. The number of nitrogens with zero attached hydrogens (tertiary/aromatic N) is 4. The van der Waals surface area contributed by atoms with Crippen molar-refractivity contribution in [2.75, 3.05) is 39.3 Å². The van der Waals surface area contributed by atoms with Gasteiger partial charge in [-0.05, 0) is 44.4 Å². The van der Waals surface area contributed by atoms with Gasteiger partial charge in [0.05, 0.1) is 23.8 Å². The lowest BCUT2D eigenvalue weighted by atomic mass is 9.98. The molecule has 0 radical (unpaired) electrons. The molecular formula is C25H36N4O4S. The van der Waals surface area contributed by atoms with E-state index in [1.54, 1.807) is 18.3 Å². The minimum atomic E-state index is -3.72. The first-order valence-electron chi connectivity index (χ1n) is 12.1. The highest BCUT2D eigenvalue weighted by molar-refractivity contribution is 7.89. The van der Waals surface area contributed by atoms with E-state index in [1.807, 2.05) is 37.8 Å². The zero-order valence-electron chi connectivity index (χ0n) is 20.8. The van der Waals surface area contributed by atoms with Crippen molar-refractivity contribution in [1.29, 1.82) is 0 Å². The van der Waals surface area contributed by atoms with Crippen LogP contribution in [-0.4, -0.2) is 90.9 Å². The fourth-order valence-corrected chi connectivity index (χ4v) is 6.82. The van der Waals surface area contributed by atoms with E-state index in [0.717, 1.165) is 24.0 Å². The van der Waals surface area contributed by atoms with E-state index in [9.17, 15) is 13.2 Å². The molecule has 0 N–H and O–H groups in total. The Bertz CT molecular complexity index is 1130. The van der Waals surface area contributed by atoms with Crippen molar-refractivity contribution in [3.05, 3.63) is 36.0 Å². The van der Waals surface area contributed by atoms with E-state index in [4.69, 9.17) is 4.74 Å². The lowest BCUT2D eigenvalue weighted by Gasteiger charge is -2.43. The molecule has 2 fully saturated rings. The molecule has 8 nitrogen and oxygen atoms in total. The van der Waals surface area contributed by atoms with Gasteiger partial charge in [-0.25, -0.2) is 8.42 Å². The number of hydrogen-bond donors (Lipinski definition) is 0. The van der Waals surface area contributed by atoms with Crippen LogP contribution in [0, 0.1) is 12.8 Å². The zero-order valence-corrected chi connectivity index (χ0v) is 21.6. The number of carbonyl (C=O) groups excluding carboxylic acids is 1. The van der Waals surface area contributed by atoms with Gasteiger partial charge in [-0.2, -0.15) is 4.31 Å². The SMILES string of the molecule is Cc1cnc2c(S(=O)(=O)N3CCN(C(=O)C(C(C)C)N4CC(C)OC(C)C4)CC3)cccc2c1. The average Bonchev–Trinajstić information content (AvgIpc) is 2.77. The van der Waals surface area contributed by atoms with E-state index < -0.39 is 10.0 Å². The Hall–Kier alpha value is -2.07. The maximum Gasteiger partial charge on any atom is 0.245 e. The number of aromatic nitrogens is 1. The molecule has 2 saturated heterocycles. The highest BCUT2D eigenvalue weighted by Crippen LogP contribution is 2.26. The quantitative estimate of drug-likeness (QED) is 0.643. The lowest BCUT2D eigenvalue weighted by molar-refractivity contribution is -0.146. The van der Waals surface area contributed by atoms with E-state index in [1.165, 1.54) is 4.31 Å². The number of carbonyl (C=O) groups is 1. The second kappa shape index (κ2) is 9.89. The lowest BCUT2D eigenvalue weighted by Crippen LogP contribution is -2.60. The molecule has 1 aromatic carbocycles. The Balaban J connectivity index is 1.49. The molecule has 34 heavy (non-hydrogen) atoms. The highest BCUT2D eigenvalue weighted by atomic mass is 32.2. The van der Waals surface area contributed by atoms with Crippen LogP contribution >= 0.6 is 0 Å². The van der Waals surface area contributed by atoms with Crippen LogP contribution in [-0.2, 0) is 19.6 Å². The number of para-hydroxylation sites is 1. The molecule has 3 unspecified atom stereocenters. The molecule has 186 valence electrons. The van der Waals surface area contributed by atoms with Gasteiger partial charge in [-0.3, -0.25) is 14.7 Å². The summed E-state index contributed by atoms with van der Waals surface area (Å²) in [4.78, 5) is 22.2. The molecule has 0 saturated carbocycles. The van der Waals surface area contributed by atoms with Crippen LogP contribution in [0.4, 0.5) is 0 Å². The molecule has 0 aliphatic carbocycles. The molecule has 0 spiro atoms. The first-order chi connectivity index (χ1) is 16.1. The van der Waals surface area contributed by atoms with Gasteiger partial charge in [0.15, 0.2) is 0 Å². The fourth-order valence-electron chi connectivity index (χ4n) is 5.23. The van der Waals surface area contributed by atoms with E-state index >= 15 is 0 Å². The third kappa shape index (κ3) is 4.98. The third-order valence-electron chi connectivity index (χ3n) is 6.70. The van der Waals surface area contributed by atoms with Gasteiger partial charge in [0.1, 0.15) is 4.90 Å². The Morgan fingerprint density at radius 3 is 2.35 bits per heavy atom. The number of benzene rings is 1. The summed E-state index contributed by atoms with van der Waals surface area (Å²) in [5.41, 5.74) is 1.47. The van der Waals surface area contributed by atoms with Crippen LogP contribution in [0.3, 0.4) is 0 Å². The summed E-state index contributed by atoms with van der Waals surface area (Å²) in [7, 11) is -3.72. The number of hydrogen-bond acceptors (Lipinski definition) is 6. The summed E-state index contributed by atoms with van der Waals surface area (Å²) in [6.07, 6.45) is 1.85. The monoisotopic (exact) mass is 488 g/mol. The molecule has 3 heterocycles. The first kappa shape index (κ1) is 25.0. The predicted octanol–water partition coefficient (Wildman–Crippen LogP) is 2.51. The number of aryl methyl sites for hydroxylation is 1. The summed E-state index contributed by atoms with van der Waals surface area (Å²) in [6, 6.07) is 6.96. The molecule has 4 rings (SSSR count). The van der Waals surface area contributed by atoms with E-state index in [0.29, 0.717) is 18.6 Å². The van der Waals surface area contributed by atoms with Crippen LogP contribution in [0.25, 0.3) is 10.9 Å². The molecule has 2 aliphatic heterocycles. The number of rotatable bonds is 5. The minimum Gasteiger partial charge on any atom is -0.373 e. The number of piperazine rings is 1. The molecule has 3 atom stereocenters. The van der Waals surface area contributed by atoms with Gasteiger partial charge in [-0.15, -0.1) is 0 Å². The Kier molecular flexibility index (Phi) is 7.28.